The van der Waals surface area contributed by atoms with E-state index in [9.17, 15) is 0 Å². The van der Waals surface area contributed by atoms with Crippen molar-refractivity contribution >= 4 is 10.2 Å². The van der Waals surface area contributed by atoms with Crippen LogP contribution in [0.3, 0.4) is 0 Å². The second-order valence-corrected chi connectivity index (χ2v) is 10.0. The average Bonchev–Trinajstić information content (AvgIpc) is 2.67. The highest BCUT2D eigenvalue weighted by atomic mass is 28.1. The molecule has 0 unspecified atom stereocenters. The maximum Gasteiger partial charge on any atom is 0.00314 e. The largest absolute Gasteiger partial charge is 0.0631 e. The molecule has 0 saturated heterocycles. The van der Waals surface area contributed by atoms with Crippen molar-refractivity contribution in [1.82, 2.24) is 0 Å². The fourth-order valence-electron chi connectivity index (χ4n) is 5.42. The summed E-state index contributed by atoms with van der Waals surface area (Å²) in [4.78, 5) is 0. The van der Waals surface area contributed by atoms with Crippen molar-refractivity contribution in [3.05, 3.63) is 35.4 Å². The first-order valence-electron chi connectivity index (χ1n) is 11.3. The number of benzene rings is 1. The first-order chi connectivity index (χ1) is 12.2. The maximum absolute atomic E-state index is 2.37. The molecule has 2 fully saturated rings. The molecule has 0 spiro atoms. The van der Waals surface area contributed by atoms with Gasteiger partial charge in [0.1, 0.15) is 0 Å². The molecule has 0 aromatic heterocycles. The Morgan fingerprint density at radius 2 is 1.20 bits per heavy atom. The summed E-state index contributed by atoms with van der Waals surface area (Å²) in [6.07, 6.45) is 18.1. The van der Waals surface area contributed by atoms with E-state index in [1.165, 1.54) is 67.2 Å². The van der Waals surface area contributed by atoms with Gasteiger partial charge in [-0.3, -0.25) is 0 Å². The van der Waals surface area contributed by atoms with Crippen LogP contribution in [0, 0.1) is 24.7 Å². The van der Waals surface area contributed by atoms with E-state index >= 15 is 0 Å². The minimum absolute atomic E-state index is 0.841. The van der Waals surface area contributed by atoms with Crippen molar-refractivity contribution in [3.8, 4) is 0 Å². The van der Waals surface area contributed by atoms with Crippen LogP contribution in [-0.2, 0) is 0 Å². The van der Waals surface area contributed by atoms with Gasteiger partial charge in [0.2, 0.25) is 0 Å². The highest BCUT2D eigenvalue weighted by Crippen LogP contribution is 2.38. The van der Waals surface area contributed by atoms with Crippen LogP contribution >= 0.6 is 0 Å². The number of rotatable bonds is 7. The third kappa shape index (κ3) is 5.98. The zero-order chi connectivity index (χ0) is 17.5. The lowest BCUT2D eigenvalue weighted by atomic mass is 9.76. The molecule has 1 aromatic carbocycles. The normalized spacial score (nSPS) is 30.4. The third-order valence-corrected chi connectivity index (χ3v) is 8.57. The van der Waals surface area contributed by atoms with Crippen LogP contribution in [-0.4, -0.2) is 10.2 Å². The van der Waals surface area contributed by atoms with Gasteiger partial charge in [-0.15, -0.1) is 0 Å². The van der Waals surface area contributed by atoms with E-state index in [-0.39, 0.29) is 0 Å². The van der Waals surface area contributed by atoms with Gasteiger partial charge in [0.25, 0.3) is 0 Å². The summed E-state index contributed by atoms with van der Waals surface area (Å²) in [5.74, 6) is 4.07. The summed E-state index contributed by atoms with van der Waals surface area (Å²) in [6.45, 7) is 2.19. The molecule has 2 saturated carbocycles. The Morgan fingerprint density at radius 1 is 0.720 bits per heavy atom. The minimum atomic E-state index is 0.841. The lowest BCUT2D eigenvalue weighted by Gasteiger charge is -2.30. The molecule has 0 bridgehead atoms. The first kappa shape index (κ1) is 19.2. The average molecular weight is 357 g/mol. The predicted octanol–water partition coefficient (Wildman–Crippen LogP) is 6.42. The minimum Gasteiger partial charge on any atom is -0.0631 e. The zero-order valence-corrected chi connectivity index (χ0v) is 18.8. The van der Waals surface area contributed by atoms with Crippen molar-refractivity contribution in [2.75, 3.05) is 0 Å². The molecule has 2 aliphatic carbocycles. The van der Waals surface area contributed by atoms with Gasteiger partial charge in [0, 0.05) is 10.2 Å². The van der Waals surface area contributed by atoms with E-state index in [0.717, 1.165) is 23.7 Å². The van der Waals surface area contributed by atoms with Crippen LogP contribution in [0.4, 0.5) is 0 Å². The molecule has 140 valence electrons. The fraction of sp³-hybridized carbons (Fsp3) is 0.750. The molecule has 3 rings (SSSR count). The summed E-state index contributed by atoms with van der Waals surface area (Å²) in [5.41, 5.74) is 2.98. The van der Waals surface area contributed by atoms with Gasteiger partial charge < -0.3 is 0 Å². The second-order valence-electron chi connectivity index (χ2n) is 9.21. The molecule has 0 radical (unpaired) electrons. The SMILES string of the molecule is Cc1ccc(C2CCC(CCCCC3CCC(C[SiH3])CC3)CC2)cc1. The van der Waals surface area contributed by atoms with Crippen LogP contribution in [0.25, 0.3) is 0 Å². The standard InChI is InChI=1S/C24H40Si/c1-19-6-14-23(15-7-19)24-16-12-21(13-17-24)5-3-2-4-20-8-10-22(18-25)11-9-20/h6-7,14-15,20-22,24H,2-5,8-13,16-18H2,1,25H3. The topological polar surface area (TPSA) is 0 Å². The molecule has 0 nitrogen and oxygen atoms in total. The van der Waals surface area contributed by atoms with E-state index < -0.39 is 0 Å². The van der Waals surface area contributed by atoms with Crippen LogP contribution in [0.15, 0.2) is 24.3 Å². The highest BCUT2D eigenvalue weighted by molar-refractivity contribution is 6.08. The van der Waals surface area contributed by atoms with Gasteiger partial charge in [-0.2, -0.15) is 0 Å². The number of hydrogen-bond acceptors (Lipinski definition) is 0. The van der Waals surface area contributed by atoms with E-state index in [2.05, 4.69) is 31.2 Å². The van der Waals surface area contributed by atoms with Gasteiger partial charge in [-0.1, -0.05) is 87.2 Å². The van der Waals surface area contributed by atoms with Gasteiger partial charge in [0.05, 0.1) is 0 Å². The molecular weight excluding hydrogens is 316 g/mol. The van der Waals surface area contributed by atoms with Crippen molar-refractivity contribution < 1.29 is 0 Å². The Morgan fingerprint density at radius 3 is 1.72 bits per heavy atom. The molecule has 1 heteroatoms. The molecule has 0 atom stereocenters. The number of unbranched alkanes of at least 4 members (excludes halogenated alkanes) is 1. The second kappa shape index (κ2) is 9.95. The van der Waals surface area contributed by atoms with Gasteiger partial charge in [-0.05, 0) is 61.8 Å². The fourth-order valence-corrected chi connectivity index (χ4v) is 6.23. The molecule has 2 aliphatic rings. The molecule has 0 heterocycles. The van der Waals surface area contributed by atoms with Crippen molar-refractivity contribution in [1.29, 1.82) is 0 Å². The molecule has 1 aromatic rings. The van der Waals surface area contributed by atoms with E-state index in [1.54, 1.807) is 37.3 Å². The summed E-state index contributed by atoms with van der Waals surface area (Å²) < 4.78 is 0. The summed E-state index contributed by atoms with van der Waals surface area (Å²) in [6, 6.07) is 10.9. The third-order valence-electron chi connectivity index (χ3n) is 7.41. The summed E-state index contributed by atoms with van der Waals surface area (Å²) in [7, 11) is 1.42. The predicted molar refractivity (Wildman–Crippen MR) is 115 cm³/mol. The van der Waals surface area contributed by atoms with Crippen LogP contribution in [0.1, 0.15) is 94.1 Å². The molecule has 0 aliphatic heterocycles. The van der Waals surface area contributed by atoms with Gasteiger partial charge >= 0.3 is 0 Å². The molecule has 25 heavy (non-hydrogen) atoms. The highest BCUT2D eigenvalue weighted by Gasteiger charge is 2.23. The Hall–Kier alpha value is -0.563. The lowest BCUT2D eigenvalue weighted by molar-refractivity contribution is 0.262. The molecular formula is C24H40Si. The number of aryl methyl sites for hydroxylation is 1. The maximum atomic E-state index is 2.37. The van der Waals surface area contributed by atoms with Crippen molar-refractivity contribution in [2.45, 2.75) is 95.9 Å². The Bertz CT molecular complexity index is 475. The molecule has 0 N–H and O–H groups in total. The summed E-state index contributed by atoms with van der Waals surface area (Å²) >= 11 is 0. The summed E-state index contributed by atoms with van der Waals surface area (Å²) in [5, 5.41) is 0. The zero-order valence-electron chi connectivity index (χ0n) is 16.8. The monoisotopic (exact) mass is 356 g/mol. The van der Waals surface area contributed by atoms with Gasteiger partial charge in [0.15, 0.2) is 0 Å². The molecule has 0 amide bonds. The van der Waals surface area contributed by atoms with Crippen LogP contribution in [0.2, 0.25) is 6.04 Å². The van der Waals surface area contributed by atoms with Gasteiger partial charge in [-0.25, -0.2) is 0 Å². The Kier molecular flexibility index (Phi) is 7.64. The Labute approximate surface area is 159 Å². The van der Waals surface area contributed by atoms with Crippen molar-refractivity contribution in [2.24, 2.45) is 17.8 Å². The van der Waals surface area contributed by atoms with E-state index in [1.807, 2.05) is 0 Å². The Balaban J connectivity index is 1.27. The van der Waals surface area contributed by atoms with Crippen molar-refractivity contribution in [3.63, 3.8) is 0 Å². The first-order valence-corrected chi connectivity index (χ1v) is 12.7. The van der Waals surface area contributed by atoms with E-state index in [0.29, 0.717) is 0 Å². The smallest absolute Gasteiger partial charge is 0.00314 e. The number of hydrogen-bond donors (Lipinski definition) is 0. The lowest BCUT2D eigenvalue weighted by Crippen LogP contribution is -2.15. The van der Waals surface area contributed by atoms with E-state index in [4.69, 9.17) is 0 Å². The quantitative estimate of drug-likeness (QED) is 0.390. The van der Waals surface area contributed by atoms with Crippen LogP contribution < -0.4 is 0 Å². The van der Waals surface area contributed by atoms with Crippen LogP contribution in [0.5, 0.6) is 0 Å².